The quantitative estimate of drug-likeness (QED) is 0.816. The van der Waals surface area contributed by atoms with Crippen LogP contribution in [-0.2, 0) is 16.4 Å². The Bertz CT molecular complexity index is 488. The van der Waals surface area contributed by atoms with E-state index < -0.39 is 15.7 Å². The first-order chi connectivity index (χ1) is 8.46. The van der Waals surface area contributed by atoms with E-state index in [1.54, 1.807) is 20.0 Å². The predicted molar refractivity (Wildman–Crippen MR) is 69.0 cm³/mol. The van der Waals surface area contributed by atoms with Crippen molar-refractivity contribution in [1.29, 1.82) is 0 Å². The molecule has 0 amide bonds. The zero-order valence-electron chi connectivity index (χ0n) is 10.6. The van der Waals surface area contributed by atoms with E-state index in [9.17, 15) is 12.8 Å². The van der Waals surface area contributed by atoms with E-state index in [2.05, 4.69) is 5.32 Å². The van der Waals surface area contributed by atoms with Crippen LogP contribution in [0.4, 0.5) is 4.39 Å². The number of hydrogen-bond donors (Lipinski definition) is 1. The molecule has 0 bridgehead atoms. The maximum Gasteiger partial charge on any atom is 0.153 e. The molecule has 1 aromatic rings. The number of rotatable bonds is 7. The average Bonchev–Trinajstić information content (AvgIpc) is 2.28. The third-order valence-corrected chi connectivity index (χ3v) is 4.08. The van der Waals surface area contributed by atoms with Gasteiger partial charge in [-0.1, -0.05) is 6.92 Å². The summed E-state index contributed by atoms with van der Waals surface area (Å²) in [7, 11) is -1.29. The molecule has 0 spiro atoms. The molecule has 0 radical (unpaired) electrons. The van der Waals surface area contributed by atoms with Crippen LogP contribution in [0.5, 0.6) is 5.75 Å². The fraction of sp³-hybridized carbons (Fsp3) is 0.500. The van der Waals surface area contributed by atoms with Crippen LogP contribution in [0.25, 0.3) is 0 Å². The summed E-state index contributed by atoms with van der Waals surface area (Å²) in [6.45, 7) is 2.16. The molecule has 0 aromatic heterocycles. The van der Waals surface area contributed by atoms with Crippen molar-refractivity contribution in [1.82, 2.24) is 5.32 Å². The van der Waals surface area contributed by atoms with Crippen molar-refractivity contribution in [2.45, 2.75) is 13.5 Å². The Morgan fingerprint density at radius 3 is 2.67 bits per heavy atom. The van der Waals surface area contributed by atoms with Crippen LogP contribution in [0.1, 0.15) is 12.5 Å². The molecule has 6 heteroatoms. The minimum atomic E-state index is -3.05. The second-order valence-electron chi connectivity index (χ2n) is 3.91. The lowest BCUT2D eigenvalue weighted by Gasteiger charge is -2.08. The molecule has 0 aliphatic heterocycles. The van der Waals surface area contributed by atoms with E-state index in [0.29, 0.717) is 12.3 Å². The summed E-state index contributed by atoms with van der Waals surface area (Å²) in [6.07, 6.45) is 0. The zero-order valence-corrected chi connectivity index (χ0v) is 11.4. The van der Waals surface area contributed by atoms with E-state index in [4.69, 9.17) is 4.74 Å². The van der Waals surface area contributed by atoms with Crippen molar-refractivity contribution < 1.29 is 17.5 Å². The Morgan fingerprint density at radius 1 is 1.33 bits per heavy atom. The maximum atomic E-state index is 13.3. The van der Waals surface area contributed by atoms with Gasteiger partial charge in [-0.3, -0.25) is 0 Å². The highest BCUT2D eigenvalue weighted by atomic mass is 32.2. The summed E-state index contributed by atoms with van der Waals surface area (Å²) in [5.41, 5.74) is 0.755. The van der Waals surface area contributed by atoms with Crippen LogP contribution in [0.15, 0.2) is 18.2 Å². The Hall–Kier alpha value is -1.14. The Morgan fingerprint density at radius 2 is 2.06 bits per heavy atom. The van der Waals surface area contributed by atoms with Crippen LogP contribution >= 0.6 is 0 Å². The number of ether oxygens (including phenoxy) is 1. The van der Waals surface area contributed by atoms with Gasteiger partial charge in [0.25, 0.3) is 0 Å². The molecule has 0 unspecified atom stereocenters. The molecule has 0 aliphatic carbocycles. The summed E-state index contributed by atoms with van der Waals surface area (Å²) >= 11 is 0. The predicted octanol–water partition coefficient (Wildman–Crippen LogP) is 1.36. The van der Waals surface area contributed by atoms with Gasteiger partial charge in [0.05, 0.1) is 5.75 Å². The molecular formula is C12H18FNO3S. The first kappa shape index (κ1) is 14.9. The number of benzene rings is 1. The molecule has 1 rings (SSSR count). The molecule has 1 aromatic carbocycles. The second kappa shape index (κ2) is 6.70. The van der Waals surface area contributed by atoms with Crippen LogP contribution in [0.3, 0.4) is 0 Å². The van der Waals surface area contributed by atoms with E-state index in [0.717, 1.165) is 5.56 Å². The monoisotopic (exact) mass is 275 g/mol. The molecule has 0 heterocycles. The largest absolute Gasteiger partial charge is 0.492 e. The average molecular weight is 275 g/mol. The van der Waals surface area contributed by atoms with Gasteiger partial charge in [-0.15, -0.1) is 0 Å². The van der Waals surface area contributed by atoms with E-state index in [-0.39, 0.29) is 18.1 Å². The molecule has 4 nitrogen and oxygen atoms in total. The number of hydrogen-bond acceptors (Lipinski definition) is 4. The number of sulfone groups is 1. The standard InChI is InChI=1S/C12H18FNO3S/c1-3-18(15,16)5-4-17-12-7-10(9-14-2)6-11(13)8-12/h6-8,14H,3-5,9H2,1-2H3. The van der Waals surface area contributed by atoms with Gasteiger partial charge in [0.2, 0.25) is 0 Å². The third-order valence-electron chi connectivity index (χ3n) is 2.41. The minimum absolute atomic E-state index is 0.0403. The lowest BCUT2D eigenvalue weighted by molar-refractivity contribution is 0.338. The van der Waals surface area contributed by atoms with Crippen molar-refractivity contribution >= 4 is 9.84 Å². The van der Waals surface area contributed by atoms with Crippen molar-refractivity contribution in [3.63, 3.8) is 0 Å². The summed E-state index contributed by atoms with van der Waals surface area (Å²) in [4.78, 5) is 0. The molecule has 0 aliphatic rings. The van der Waals surface area contributed by atoms with E-state index in [1.165, 1.54) is 12.1 Å². The second-order valence-corrected chi connectivity index (χ2v) is 6.38. The summed E-state index contributed by atoms with van der Waals surface area (Å²) in [5.74, 6) is -0.00559. The van der Waals surface area contributed by atoms with Gasteiger partial charge in [0.1, 0.15) is 18.2 Å². The fourth-order valence-electron chi connectivity index (χ4n) is 1.44. The van der Waals surface area contributed by atoms with Gasteiger partial charge in [0.15, 0.2) is 9.84 Å². The van der Waals surface area contributed by atoms with Crippen molar-refractivity contribution in [3.8, 4) is 5.75 Å². The van der Waals surface area contributed by atoms with Gasteiger partial charge in [0, 0.05) is 18.4 Å². The highest BCUT2D eigenvalue weighted by Gasteiger charge is 2.08. The molecule has 1 N–H and O–H groups in total. The van der Waals surface area contributed by atoms with Crippen molar-refractivity contribution in [3.05, 3.63) is 29.6 Å². The topological polar surface area (TPSA) is 55.4 Å². The Labute approximate surface area is 107 Å². The van der Waals surface area contributed by atoms with Crippen LogP contribution < -0.4 is 10.1 Å². The van der Waals surface area contributed by atoms with Crippen LogP contribution in [0, 0.1) is 5.82 Å². The Kier molecular flexibility index (Phi) is 5.55. The SMILES string of the molecule is CCS(=O)(=O)CCOc1cc(F)cc(CNC)c1. The molecule has 102 valence electrons. The highest BCUT2D eigenvalue weighted by Crippen LogP contribution is 2.16. The molecular weight excluding hydrogens is 257 g/mol. The summed E-state index contributed by atoms with van der Waals surface area (Å²) < 4.78 is 41.0. The molecule has 0 fully saturated rings. The molecule has 0 atom stereocenters. The molecule has 0 saturated heterocycles. The normalized spacial score (nSPS) is 11.5. The molecule has 18 heavy (non-hydrogen) atoms. The Balaban J connectivity index is 2.62. The van der Waals surface area contributed by atoms with E-state index >= 15 is 0 Å². The van der Waals surface area contributed by atoms with Crippen LogP contribution in [0.2, 0.25) is 0 Å². The van der Waals surface area contributed by atoms with E-state index in [1.807, 2.05) is 0 Å². The zero-order chi connectivity index (χ0) is 13.6. The lowest BCUT2D eigenvalue weighted by atomic mass is 10.2. The van der Waals surface area contributed by atoms with Crippen molar-refractivity contribution in [2.24, 2.45) is 0 Å². The number of nitrogens with one attached hydrogen (secondary N) is 1. The summed E-state index contributed by atoms with van der Waals surface area (Å²) in [5, 5.41) is 2.91. The highest BCUT2D eigenvalue weighted by molar-refractivity contribution is 7.91. The fourth-order valence-corrected chi connectivity index (χ4v) is 2.07. The van der Waals surface area contributed by atoms with Gasteiger partial charge in [-0.2, -0.15) is 0 Å². The smallest absolute Gasteiger partial charge is 0.153 e. The first-order valence-corrected chi connectivity index (χ1v) is 7.56. The first-order valence-electron chi connectivity index (χ1n) is 5.74. The maximum absolute atomic E-state index is 13.3. The van der Waals surface area contributed by atoms with Gasteiger partial charge in [-0.05, 0) is 24.7 Å². The summed E-state index contributed by atoms with van der Waals surface area (Å²) in [6, 6.07) is 4.35. The van der Waals surface area contributed by atoms with Gasteiger partial charge >= 0.3 is 0 Å². The van der Waals surface area contributed by atoms with Gasteiger partial charge < -0.3 is 10.1 Å². The minimum Gasteiger partial charge on any atom is -0.492 e. The number of halogens is 1. The third kappa shape index (κ3) is 5.01. The van der Waals surface area contributed by atoms with Gasteiger partial charge in [-0.25, -0.2) is 12.8 Å². The molecule has 0 saturated carbocycles. The van der Waals surface area contributed by atoms with Crippen LogP contribution in [-0.4, -0.2) is 33.6 Å². The van der Waals surface area contributed by atoms with Crippen molar-refractivity contribution in [2.75, 3.05) is 25.2 Å². The lowest BCUT2D eigenvalue weighted by Crippen LogP contribution is -2.15.